The number of carbonyl (C=O) groups excluding carboxylic acids is 2. The Morgan fingerprint density at radius 1 is 1.23 bits per heavy atom. The van der Waals surface area contributed by atoms with Crippen molar-refractivity contribution in [1.82, 2.24) is 14.7 Å². The standard InChI is InChI=1S/C20H24N4O2/c1-2-8-22-11-12-24(18(15-22)20(26)23-9-3-4-10-23)19(25)17-7-5-6-16(13-17)14-21/h2,5-7,13,18H,1,3-4,8-12,15H2. The van der Waals surface area contributed by atoms with Crippen LogP contribution in [0.5, 0.6) is 0 Å². The zero-order chi connectivity index (χ0) is 18.5. The summed E-state index contributed by atoms with van der Waals surface area (Å²) in [7, 11) is 0. The molecule has 136 valence electrons. The number of hydrogen-bond acceptors (Lipinski definition) is 4. The number of nitriles is 1. The number of piperazine rings is 1. The summed E-state index contributed by atoms with van der Waals surface area (Å²) in [6.07, 6.45) is 3.87. The first-order chi connectivity index (χ1) is 12.6. The molecule has 2 heterocycles. The zero-order valence-corrected chi connectivity index (χ0v) is 14.9. The van der Waals surface area contributed by atoms with E-state index in [2.05, 4.69) is 17.5 Å². The van der Waals surface area contributed by atoms with Crippen LogP contribution in [0.1, 0.15) is 28.8 Å². The van der Waals surface area contributed by atoms with Crippen LogP contribution >= 0.6 is 0 Å². The van der Waals surface area contributed by atoms with E-state index in [9.17, 15) is 9.59 Å². The lowest BCUT2D eigenvalue weighted by molar-refractivity contribution is -0.137. The summed E-state index contributed by atoms with van der Waals surface area (Å²) in [5.41, 5.74) is 0.906. The Kier molecular flexibility index (Phi) is 5.69. The van der Waals surface area contributed by atoms with Crippen LogP contribution in [0.15, 0.2) is 36.9 Å². The van der Waals surface area contributed by atoms with Crippen LogP contribution in [-0.4, -0.2) is 71.8 Å². The fourth-order valence-electron chi connectivity index (χ4n) is 3.68. The first-order valence-electron chi connectivity index (χ1n) is 9.07. The molecule has 2 aliphatic rings. The van der Waals surface area contributed by atoms with Gasteiger partial charge in [-0.15, -0.1) is 6.58 Å². The Balaban J connectivity index is 1.84. The first kappa shape index (κ1) is 18.2. The molecule has 0 N–H and O–H groups in total. The maximum Gasteiger partial charge on any atom is 0.254 e. The molecule has 2 fully saturated rings. The van der Waals surface area contributed by atoms with Crippen molar-refractivity contribution >= 4 is 11.8 Å². The number of nitrogens with zero attached hydrogens (tertiary/aromatic N) is 4. The normalized spacial score (nSPS) is 20.7. The fourth-order valence-corrected chi connectivity index (χ4v) is 3.68. The molecule has 1 atom stereocenters. The van der Waals surface area contributed by atoms with Gasteiger partial charge in [-0.25, -0.2) is 0 Å². The minimum absolute atomic E-state index is 0.0288. The summed E-state index contributed by atoms with van der Waals surface area (Å²) < 4.78 is 0. The maximum absolute atomic E-state index is 13.1. The van der Waals surface area contributed by atoms with Gasteiger partial charge in [0.15, 0.2) is 0 Å². The molecule has 6 nitrogen and oxygen atoms in total. The SMILES string of the molecule is C=CCN1CCN(C(=O)c2cccc(C#N)c2)C(C(=O)N2CCCC2)C1. The summed E-state index contributed by atoms with van der Waals surface area (Å²) in [6.45, 7) is 7.73. The van der Waals surface area contributed by atoms with Crippen LogP contribution in [0.3, 0.4) is 0 Å². The minimum Gasteiger partial charge on any atom is -0.341 e. The van der Waals surface area contributed by atoms with Crippen molar-refractivity contribution in [2.45, 2.75) is 18.9 Å². The predicted molar refractivity (Wildman–Crippen MR) is 98.4 cm³/mol. The van der Waals surface area contributed by atoms with E-state index in [0.717, 1.165) is 25.9 Å². The molecule has 0 aromatic heterocycles. The van der Waals surface area contributed by atoms with E-state index in [-0.39, 0.29) is 11.8 Å². The van der Waals surface area contributed by atoms with E-state index >= 15 is 0 Å². The van der Waals surface area contributed by atoms with Gasteiger partial charge < -0.3 is 9.80 Å². The quantitative estimate of drug-likeness (QED) is 0.770. The van der Waals surface area contributed by atoms with E-state index in [0.29, 0.717) is 37.3 Å². The second-order valence-electron chi connectivity index (χ2n) is 6.79. The monoisotopic (exact) mass is 352 g/mol. The number of rotatable bonds is 4. The minimum atomic E-state index is -0.486. The largest absolute Gasteiger partial charge is 0.341 e. The third-order valence-electron chi connectivity index (χ3n) is 5.05. The topological polar surface area (TPSA) is 67.6 Å². The third-order valence-corrected chi connectivity index (χ3v) is 5.05. The van der Waals surface area contributed by atoms with Gasteiger partial charge in [-0.2, -0.15) is 5.26 Å². The number of likely N-dealkylation sites (tertiary alicyclic amines) is 1. The van der Waals surface area contributed by atoms with Crippen molar-refractivity contribution < 1.29 is 9.59 Å². The fraction of sp³-hybridized carbons (Fsp3) is 0.450. The van der Waals surface area contributed by atoms with Gasteiger partial charge in [0.2, 0.25) is 5.91 Å². The van der Waals surface area contributed by atoms with Crippen LogP contribution in [0.25, 0.3) is 0 Å². The molecule has 0 saturated carbocycles. The van der Waals surface area contributed by atoms with E-state index < -0.39 is 6.04 Å². The maximum atomic E-state index is 13.1. The van der Waals surface area contributed by atoms with E-state index in [1.54, 1.807) is 29.2 Å². The van der Waals surface area contributed by atoms with E-state index in [1.807, 2.05) is 11.0 Å². The van der Waals surface area contributed by atoms with Gasteiger partial charge in [-0.1, -0.05) is 12.1 Å². The van der Waals surface area contributed by atoms with Crippen molar-refractivity contribution in [2.75, 3.05) is 39.3 Å². The molecular weight excluding hydrogens is 328 g/mol. The highest BCUT2D eigenvalue weighted by atomic mass is 16.2. The van der Waals surface area contributed by atoms with Crippen molar-refractivity contribution in [3.8, 4) is 6.07 Å². The molecule has 2 amide bonds. The Hall–Kier alpha value is -2.65. The van der Waals surface area contributed by atoms with Gasteiger partial charge in [-0.05, 0) is 31.0 Å². The average Bonchev–Trinajstić information content (AvgIpc) is 3.22. The average molecular weight is 352 g/mol. The van der Waals surface area contributed by atoms with Gasteiger partial charge in [0, 0.05) is 44.8 Å². The molecule has 2 aliphatic heterocycles. The third kappa shape index (κ3) is 3.78. The van der Waals surface area contributed by atoms with Crippen LogP contribution in [-0.2, 0) is 4.79 Å². The Labute approximate surface area is 154 Å². The second-order valence-corrected chi connectivity index (χ2v) is 6.79. The van der Waals surface area contributed by atoms with Crippen LogP contribution in [0, 0.1) is 11.3 Å². The molecule has 1 aromatic rings. The van der Waals surface area contributed by atoms with Gasteiger partial charge >= 0.3 is 0 Å². The second kappa shape index (κ2) is 8.15. The first-order valence-corrected chi connectivity index (χ1v) is 9.07. The molecule has 26 heavy (non-hydrogen) atoms. The molecule has 6 heteroatoms. The molecule has 0 aliphatic carbocycles. The highest BCUT2D eigenvalue weighted by molar-refractivity contribution is 5.98. The lowest BCUT2D eigenvalue weighted by Crippen LogP contribution is -2.60. The highest BCUT2D eigenvalue weighted by Crippen LogP contribution is 2.19. The summed E-state index contributed by atoms with van der Waals surface area (Å²) in [5.74, 6) is -0.154. The molecule has 0 bridgehead atoms. The Morgan fingerprint density at radius 2 is 2.00 bits per heavy atom. The smallest absolute Gasteiger partial charge is 0.254 e. The lowest BCUT2D eigenvalue weighted by atomic mass is 10.1. The molecule has 3 rings (SSSR count). The summed E-state index contributed by atoms with van der Waals surface area (Å²) >= 11 is 0. The van der Waals surface area contributed by atoms with Crippen LogP contribution in [0.4, 0.5) is 0 Å². The predicted octanol–water partition coefficient (Wildman–Crippen LogP) is 1.49. The van der Waals surface area contributed by atoms with Gasteiger partial charge in [0.05, 0.1) is 11.6 Å². The number of benzene rings is 1. The Bertz CT molecular complexity index is 734. The highest BCUT2D eigenvalue weighted by Gasteiger charge is 2.38. The van der Waals surface area contributed by atoms with Crippen LogP contribution in [0.2, 0.25) is 0 Å². The lowest BCUT2D eigenvalue weighted by Gasteiger charge is -2.41. The van der Waals surface area contributed by atoms with Gasteiger partial charge in [0.1, 0.15) is 6.04 Å². The van der Waals surface area contributed by atoms with Crippen molar-refractivity contribution in [3.05, 3.63) is 48.0 Å². The van der Waals surface area contributed by atoms with Gasteiger partial charge in [-0.3, -0.25) is 14.5 Å². The molecule has 1 unspecified atom stereocenters. The molecule has 2 saturated heterocycles. The van der Waals surface area contributed by atoms with E-state index in [4.69, 9.17) is 5.26 Å². The van der Waals surface area contributed by atoms with Crippen LogP contribution < -0.4 is 0 Å². The summed E-state index contributed by atoms with van der Waals surface area (Å²) in [5, 5.41) is 9.08. The summed E-state index contributed by atoms with van der Waals surface area (Å²) in [6, 6.07) is 8.25. The zero-order valence-electron chi connectivity index (χ0n) is 14.9. The molecule has 0 spiro atoms. The molecule has 1 aromatic carbocycles. The molecule has 0 radical (unpaired) electrons. The van der Waals surface area contributed by atoms with E-state index in [1.165, 1.54) is 0 Å². The Morgan fingerprint density at radius 3 is 2.69 bits per heavy atom. The molecular formula is C20H24N4O2. The number of amides is 2. The van der Waals surface area contributed by atoms with Crippen molar-refractivity contribution in [3.63, 3.8) is 0 Å². The van der Waals surface area contributed by atoms with Gasteiger partial charge in [0.25, 0.3) is 5.91 Å². The van der Waals surface area contributed by atoms with Crippen molar-refractivity contribution in [1.29, 1.82) is 5.26 Å². The van der Waals surface area contributed by atoms with Crippen molar-refractivity contribution in [2.24, 2.45) is 0 Å². The number of carbonyl (C=O) groups is 2. The summed E-state index contributed by atoms with van der Waals surface area (Å²) in [4.78, 5) is 31.8. The number of hydrogen-bond donors (Lipinski definition) is 0.